The minimum Gasteiger partial charge on any atom is -0.316 e. The molecule has 3 heteroatoms. The van der Waals surface area contributed by atoms with Gasteiger partial charge >= 0.3 is 0 Å². The van der Waals surface area contributed by atoms with Gasteiger partial charge in [0.05, 0.1) is 0 Å². The molecule has 0 amide bonds. The molecule has 0 aliphatic rings. The third-order valence-corrected chi connectivity index (χ3v) is 1.46. The summed E-state index contributed by atoms with van der Waals surface area (Å²) in [6.45, 7) is 0.682. The lowest BCUT2D eigenvalue weighted by molar-refractivity contribution is 0.818. The number of nitrogens with one attached hydrogen (secondary N) is 1. The van der Waals surface area contributed by atoms with Gasteiger partial charge in [-0.05, 0) is 23.9 Å². The number of hydrogen-bond acceptors (Lipinski definition) is 3. The zero-order chi connectivity index (χ0) is 8.10. The second kappa shape index (κ2) is 3.83. The van der Waals surface area contributed by atoms with Crippen LogP contribution in [0, 0.1) is 4.91 Å². The van der Waals surface area contributed by atoms with Crippen molar-refractivity contribution in [2.75, 3.05) is 7.05 Å². The maximum absolute atomic E-state index is 10.2. The van der Waals surface area contributed by atoms with Crippen molar-refractivity contribution in [2.24, 2.45) is 5.18 Å². The van der Waals surface area contributed by atoms with E-state index in [0.717, 1.165) is 5.56 Å². The van der Waals surface area contributed by atoms with Crippen LogP contribution in [0.1, 0.15) is 5.56 Å². The summed E-state index contributed by atoms with van der Waals surface area (Å²) in [6, 6.07) is 7.28. The number of rotatable bonds is 3. The fourth-order valence-electron chi connectivity index (χ4n) is 0.940. The molecule has 0 aliphatic heterocycles. The van der Waals surface area contributed by atoms with E-state index in [1.54, 1.807) is 12.1 Å². The lowest BCUT2D eigenvalue weighted by Gasteiger charge is -2.00. The maximum atomic E-state index is 10.2. The van der Waals surface area contributed by atoms with Crippen molar-refractivity contribution in [2.45, 2.75) is 6.54 Å². The fourth-order valence-corrected chi connectivity index (χ4v) is 0.940. The highest BCUT2D eigenvalue weighted by Gasteiger charge is 1.98. The number of benzene rings is 1. The van der Waals surface area contributed by atoms with Gasteiger partial charge in [-0.3, -0.25) is 0 Å². The lowest BCUT2D eigenvalue weighted by Crippen LogP contribution is -2.04. The summed E-state index contributed by atoms with van der Waals surface area (Å²) in [5, 5.41) is 5.86. The van der Waals surface area contributed by atoms with Crippen molar-refractivity contribution in [3.05, 3.63) is 34.7 Å². The average Bonchev–Trinajstić information content (AvgIpc) is 2.06. The van der Waals surface area contributed by atoms with E-state index in [1.807, 2.05) is 19.2 Å². The Kier molecular flexibility index (Phi) is 2.74. The molecule has 11 heavy (non-hydrogen) atoms. The molecule has 0 bridgehead atoms. The van der Waals surface area contributed by atoms with Crippen LogP contribution in [-0.2, 0) is 6.54 Å². The van der Waals surface area contributed by atoms with E-state index in [2.05, 4.69) is 10.5 Å². The average molecular weight is 150 g/mol. The summed E-state index contributed by atoms with van der Waals surface area (Å²) in [4.78, 5) is 10.2. The van der Waals surface area contributed by atoms with Gasteiger partial charge in [0.15, 0.2) is 0 Å². The number of nitrogens with zero attached hydrogens (tertiary/aromatic N) is 1. The Bertz CT molecular complexity index is 248. The normalized spacial score (nSPS) is 9.55. The van der Waals surface area contributed by atoms with Crippen LogP contribution in [0.15, 0.2) is 29.4 Å². The van der Waals surface area contributed by atoms with E-state index in [1.165, 1.54) is 0 Å². The van der Waals surface area contributed by atoms with Crippen LogP contribution in [-0.4, -0.2) is 7.05 Å². The molecule has 1 N–H and O–H groups in total. The first-order valence-corrected chi connectivity index (χ1v) is 3.44. The zero-order valence-corrected chi connectivity index (χ0v) is 6.37. The molecule has 1 aromatic rings. The molecular weight excluding hydrogens is 140 g/mol. The molecular formula is C8H10N2O. The summed E-state index contributed by atoms with van der Waals surface area (Å²) >= 11 is 0. The third kappa shape index (κ3) is 1.85. The number of hydrogen-bond donors (Lipinski definition) is 1. The molecule has 0 spiro atoms. The van der Waals surface area contributed by atoms with Gasteiger partial charge in [-0.1, -0.05) is 18.2 Å². The van der Waals surface area contributed by atoms with Crippen LogP contribution in [0.3, 0.4) is 0 Å². The Hall–Kier alpha value is -1.22. The second-order valence-electron chi connectivity index (χ2n) is 2.25. The Morgan fingerprint density at radius 3 is 2.82 bits per heavy atom. The van der Waals surface area contributed by atoms with Gasteiger partial charge in [0.2, 0.25) is 0 Å². The van der Waals surface area contributed by atoms with Crippen molar-refractivity contribution in [3.8, 4) is 0 Å². The topological polar surface area (TPSA) is 41.5 Å². The SMILES string of the molecule is CNCc1ccccc1N=O. The van der Waals surface area contributed by atoms with Crippen LogP contribution in [0.2, 0.25) is 0 Å². The lowest BCUT2D eigenvalue weighted by atomic mass is 10.2. The largest absolute Gasteiger partial charge is 0.316 e. The van der Waals surface area contributed by atoms with Gasteiger partial charge in [-0.2, -0.15) is 0 Å². The van der Waals surface area contributed by atoms with Gasteiger partial charge in [0, 0.05) is 6.54 Å². The van der Waals surface area contributed by atoms with Crippen molar-refractivity contribution in [3.63, 3.8) is 0 Å². The summed E-state index contributed by atoms with van der Waals surface area (Å²) in [7, 11) is 1.83. The van der Waals surface area contributed by atoms with E-state index >= 15 is 0 Å². The van der Waals surface area contributed by atoms with Gasteiger partial charge in [-0.15, -0.1) is 4.91 Å². The van der Waals surface area contributed by atoms with E-state index in [0.29, 0.717) is 12.2 Å². The molecule has 0 aliphatic carbocycles. The minimum atomic E-state index is 0.516. The smallest absolute Gasteiger partial charge is 0.112 e. The minimum absolute atomic E-state index is 0.516. The molecule has 1 aromatic carbocycles. The van der Waals surface area contributed by atoms with E-state index in [4.69, 9.17) is 0 Å². The second-order valence-corrected chi connectivity index (χ2v) is 2.25. The van der Waals surface area contributed by atoms with Crippen LogP contribution < -0.4 is 5.32 Å². The molecule has 0 fully saturated rings. The molecule has 3 nitrogen and oxygen atoms in total. The van der Waals surface area contributed by atoms with Crippen molar-refractivity contribution in [1.82, 2.24) is 5.32 Å². The van der Waals surface area contributed by atoms with E-state index in [9.17, 15) is 4.91 Å². The summed E-state index contributed by atoms with van der Waals surface area (Å²) in [5.41, 5.74) is 1.45. The van der Waals surface area contributed by atoms with Crippen molar-refractivity contribution >= 4 is 5.69 Å². The summed E-state index contributed by atoms with van der Waals surface area (Å²) < 4.78 is 0. The molecule has 0 unspecified atom stereocenters. The Morgan fingerprint density at radius 1 is 1.45 bits per heavy atom. The number of nitroso groups, excluding NO2 is 1. The van der Waals surface area contributed by atoms with Gasteiger partial charge in [0.1, 0.15) is 5.69 Å². The molecule has 0 radical (unpaired) electrons. The highest BCUT2D eigenvalue weighted by Crippen LogP contribution is 2.17. The standard InChI is InChI=1S/C8H10N2O/c1-9-6-7-4-2-3-5-8(7)10-11/h2-5,9H,6H2,1H3. The maximum Gasteiger partial charge on any atom is 0.112 e. The monoisotopic (exact) mass is 150 g/mol. The quantitative estimate of drug-likeness (QED) is 0.667. The Balaban J connectivity index is 2.92. The van der Waals surface area contributed by atoms with Crippen molar-refractivity contribution in [1.29, 1.82) is 0 Å². The molecule has 58 valence electrons. The predicted molar refractivity (Wildman–Crippen MR) is 44.7 cm³/mol. The molecule has 0 saturated carbocycles. The summed E-state index contributed by atoms with van der Waals surface area (Å²) in [6.07, 6.45) is 0. The van der Waals surface area contributed by atoms with Crippen LogP contribution in [0.5, 0.6) is 0 Å². The Morgan fingerprint density at radius 2 is 2.18 bits per heavy atom. The van der Waals surface area contributed by atoms with Gasteiger partial charge in [0.25, 0.3) is 0 Å². The van der Waals surface area contributed by atoms with Gasteiger partial charge in [-0.25, -0.2) is 0 Å². The Labute approximate surface area is 65.4 Å². The predicted octanol–water partition coefficient (Wildman–Crippen LogP) is 1.80. The molecule has 0 saturated heterocycles. The van der Waals surface area contributed by atoms with Crippen LogP contribution in [0.25, 0.3) is 0 Å². The highest BCUT2D eigenvalue weighted by molar-refractivity contribution is 5.45. The third-order valence-electron chi connectivity index (χ3n) is 1.46. The first-order valence-electron chi connectivity index (χ1n) is 3.44. The summed E-state index contributed by atoms with van der Waals surface area (Å²) in [5.74, 6) is 0. The van der Waals surface area contributed by atoms with Crippen molar-refractivity contribution < 1.29 is 0 Å². The molecule has 1 rings (SSSR count). The van der Waals surface area contributed by atoms with E-state index < -0.39 is 0 Å². The van der Waals surface area contributed by atoms with Gasteiger partial charge < -0.3 is 5.32 Å². The fraction of sp³-hybridized carbons (Fsp3) is 0.250. The molecule has 0 atom stereocenters. The first-order chi connectivity index (χ1) is 5.38. The molecule has 0 heterocycles. The molecule has 0 aromatic heterocycles. The van der Waals surface area contributed by atoms with Crippen LogP contribution >= 0.6 is 0 Å². The zero-order valence-electron chi connectivity index (χ0n) is 6.37. The highest BCUT2D eigenvalue weighted by atomic mass is 16.3. The van der Waals surface area contributed by atoms with E-state index in [-0.39, 0.29) is 0 Å². The first kappa shape index (κ1) is 7.88. The van der Waals surface area contributed by atoms with Crippen LogP contribution in [0.4, 0.5) is 5.69 Å².